The van der Waals surface area contributed by atoms with Gasteiger partial charge in [-0.1, -0.05) is 6.92 Å². The summed E-state index contributed by atoms with van der Waals surface area (Å²) in [5, 5.41) is 16.1. The van der Waals surface area contributed by atoms with Gasteiger partial charge in [-0.25, -0.2) is 0 Å². The van der Waals surface area contributed by atoms with Crippen LogP contribution < -0.4 is 5.32 Å². The van der Waals surface area contributed by atoms with Gasteiger partial charge >= 0.3 is 5.97 Å². The smallest absolute Gasteiger partial charge is 0.307 e. The molecule has 0 saturated heterocycles. The van der Waals surface area contributed by atoms with Crippen molar-refractivity contribution in [1.82, 2.24) is 5.32 Å². The number of aliphatic carboxylic acids is 1. The molecule has 4 nitrogen and oxygen atoms in total. The molecule has 1 saturated carbocycles. The number of carbonyl (C=O) groups is 2. The van der Waals surface area contributed by atoms with Crippen molar-refractivity contribution >= 4 is 23.2 Å². The molecule has 3 atom stereocenters. The van der Waals surface area contributed by atoms with Gasteiger partial charge in [0.25, 0.3) is 0 Å². The highest BCUT2D eigenvalue weighted by Crippen LogP contribution is 2.36. The highest BCUT2D eigenvalue weighted by molar-refractivity contribution is 7.08. The Kier molecular flexibility index (Phi) is 4.24. The summed E-state index contributed by atoms with van der Waals surface area (Å²) in [6.07, 6.45) is 1.27. The molecular formula is C14H19NO3S. The predicted octanol–water partition coefficient (Wildman–Crippen LogP) is 2.42. The molecule has 0 bridgehead atoms. The lowest BCUT2D eigenvalue weighted by molar-refractivity contribution is -0.146. The van der Waals surface area contributed by atoms with E-state index in [0.717, 1.165) is 5.56 Å². The number of nitrogens with one attached hydrogen (secondary N) is 1. The first-order valence-corrected chi connectivity index (χ1v) is 7.45. The van der Waals surface area contributed by atoms with E-state index in [1.54, 1.807) is 11.3 Å². The van der Waals surface area contributed by atoms with Crippen molar-refractivity contribution < 1.29 is 14.7 Å². The second kappa shape index (κ2) is 5.74. The molecule has 0 spiro atoms. The van der Waals surface area contributed by atoms with Gasteiger partial charge in [-0.05, 0) is 47.6 Å². The lowest BCUT2D eigenvalue weighted by Crippen LogP contribution is -2.34. The molecule has 0 radical (unpaired) electrons. The van der Waals surface area contributed by atoms with Crippen LogP contribution in [0.5, 0.6) is 0 Å². The molecule has 104 valence electrons. The summed E-state index contributed by atoms with van der Waals surface area (Å²) in [6.45, 7) is 4.51. The molecule has 2 N–H and O–H groups in total. The normalized spacial score (nSPS) is 26.3. The van der Waals surface area contributed by atoms with Gasteiger partial charge in [0.05, 0.1) is 11.8 Å². The van der Waals surface area contributed by atoms with Gasteiger partial charge in [0.1, 0.15) is 0 Å². The van der Waals surface area contributed by atoms with E-state index in [-0.39, 0.29) is 11.8 Å². The Bertz CT molecular complexity index is 483. The SMILES string of the molecule is Cc1cscc1CNC(=O)[C@H]1CC(C)C[C@H]1C(=O)O. The summed E-state index contributed by atoms with van der Waals surface area (Å²) in [5.74, 6) is -1.58. The molecular weight excluding hydrogens is 262 g/mol. The molecule has 19 heavy (non-hydrogen) atoms. The van der Waals surface area contributed by atoms with E-state index in [4.69, 9.17) is 5.11 Å². The maximum atomic E-state index is 12.1. The van der Waals surface area contributed by atoms with Crippen LogP contribution in [-0.4, -0.2) is 17.0 Å². The van der Waals surface area contributed by atoms with Crippen LogP contribution in [-0.2, 0) is 16.1 Å². The number of carboxylic acid groups (broad SMARTS) is 1. The van der Waals surface area contributed by atoms with E-state index in [0.29, 0.717) is 25.3 Å². The van der Waals surface area contributed by atoms with E-state index in [9.17, 15) is 9.59 Å². The number of hydrogen-bond acceptors (Lipinski definition) is 3. The lowest BCUT2D eigenvalue weighted by Gasteiger charge is -2.15. The highest BCUT2D eigenvalue weighted by atomic mass is 32.1. The van der Waals surface area contributed by atoms with Crippen LogP contribution in [0.1, 0.15) is 30.9 Å². The molecule has 1 unspecified atom stereocenters. The zero-order valence-electron chi connectivity index (χ0n) is 11.2. The van der Waals surface area contributed by atoms with Gasteiger partial charge < -0.3 is 10.4 Å². The van der Waals surface area contributed by atoms with Crippen LogP contribution in [0.2, 0.25) is 0 Å². The minimum Gasteiger partial charge on any atom is -0.481 e. The minimum atomic E-state index is -0.851. The number of aryl methyl sites for hydroxylation is 1. The Labute approximate surface area is 116 Å². The molecule has 1 aromatic heterocycles. The van der Waals surface area contributed by atoms with Gasteiger partial charge in [-0.2, -0.15) is 11.3 Å². The minimum absolute atomic E-state index is 0.123. The van der Waals surface area contributed by atoms with Crippen molar-refractivity contribution in [3.8, 4) is 0 Å². The van der Waals surface area contributed by atoms with E-state index in [1.165, 1.54) is 5.56 Å². The predicted molar refractivity (Wildman–Crippen MR) is 73.9 cm³/mol. The Balaban J connectivity index is 1.96. The third kappa shape index (κ3) is 3.15. The number of carbonyl (C=O) groups excluding carboxylic acids is 1. The summed E-state index contributed by atoms with van der Waals surface area (Å²) in [7, 11) is 0. The van der Waals surface area contributed by atoms with Crippen molar-refractivity contribution in [1.29, 1.82) is 0 Å². The second-order valence-electron chi connectivity index (χ2n) is 5.43. The second-order valence-corrected chi connectivity index (χ2v) is 6.17. The molecule has 0 aliphatic heterocycles. The maximum absolute atomic E-state index is 12.1. The van der Waals surface area contributed by atoms with Gasteiger partial charge in [-0.3, -0.25) is 9.59 Å². The van der Waals surface area contributed by atoms with Crippen LogP contribution in [0.15, 0.2) is 10.8 Å². The average molecular weight is 281 g/mol. The van der Waals surface area contributed by atoms with Crippen LogP contribution in [0.3, 0.4) is 0 Å². The van der Waals surface area contributed by atoms with E-state index in [2.05, 4.69) is 5.32 Å². The summed E-state index contributed by atoms with van der Waals surface area (Å²) in [4.78, 5) is 23.3. The highest BCUT2D eigenvalue weighted by Gasteiger charge is 2.40. The maximum Gasteiger partial charge on any atom is 0.307 e. The summed E-state index contributed by atoms with van der Waals surface area (Å²) in [6, 6.07) is 0. The molecule has 1 heterocycles. The number of rotatable bonds is 4. The third-order valence-electron chi connectivity index (χ3n) is 3.87. The first-order valence-electron chi connectivity index (χ1n) is 6.51. The molecule has 1 aliphatic rings. The number of amides is 1. The molecule has 1 aliphatic carbocycles. The molecule has 0 aromatic carbocycles. The van der Waals surface area contributed by atoms with Crippen molar-refractivity contribution in [3.05, 3.63) is 21.9 Å². The van der Waals surface area contributed by atoms with E-state index < -0.39 is 11.9 Å². The van der Waals surface area contributed by atoms with Crippen molar-refractivity contribution in [3.63, 3.8) is 0 Å². The number of carboxylic acids is 1. The van der Waals surface area contributed by atoms with Crippen LogP contribution in [0, 0.1) is 24.7 Å². The lowest BCUT2D eigenvalue weighted by atomic mass is 9.95. The molecule has 1 aromatic rings. The number of thiophene rings is 1. The summed E-state index contributed by atoms with van der Waals surface area (Å²) >= 11 is 1.61. The largest absolute Gasteiger partial charge is 0.481 e. The third-order valence-corrected chi connectivity index (χ3v) is 4.78. The topological polar surface area (TPSA) is 66.4 Å². The molecule has 1 fully saturated rings. The zero-order chi connectivity index (χ0) is 14.0. The zero-order valence-corrected chi connectivity index (χ0v) is 12.0. The Morgan fingerprint density at radius 2 is 2.05 bits per heavy atom. The standard InChI is InChI=1S/C14H19NO3S/c1-8-3-11(12(4-8)14(17)18)13(16)15-5-10-7-19-6-9(10)2/h6-8,11-12H,3-5H2,1-2H3,(H,15,16)(H,17,18)/t8?,11-,12+/m0/s1. The van der Waals surface area contributed by atoms with Gasteiger partial charge in [0.15, 0.2) is 0 Å². The Morgan fingerprint density at radius 3 is 2.63 bits per heavy atom. The summed E-state index contributed by atoms with van der Waals surface area (Å²) < 4.78 is 0. The van der Waals surface area contributed by atoms with Gasteiger partial charge in [-0.15, -0.1) is 0 Å². The Hall–Kier alpha value is -1.36. The first kappa shape index (κ1) is 14.1. The van der Waals surface area contributed by atoms with Gasteiger partial charge in [0.2, 0.25) is 5.91 Å². The quantitative estimate of drug-likeness (QED) is 0.890. The fourth-order valence-corrected chi connectivity index (χ4v) is 3.59. The van der Waals surface area contributed by atoms with Crippen LogP contribution in [0.25, 0.3) is 0 Å². The average Bonchev–Trinajstić information content (AvgIpc) is 2.92. The number of hydrogen-bond donors (Lipinski definition) is 2. The van der Waals surface area contributed by atoms with Crippen molar-refractivity contribution in [2.75, 3.05) is 0 Å². The van der Waals surface area contributed by atoms with Crippen molar-refractivity contribution in [2.45, 2.75) is 33.2 Å². The molecule has 2 rings (SSSR count). The first-order chi connectivity index (χ1) is 8.99. The van der Waals surface area contributed by atoms with Crippen molar-refractivity contribution in [2.24, 2.45) is 17.8 Å². The van der Waals surface area contributed by atoms with Gasteiger partial charge in [0, 0.05) is 6.54 Å². The van der Waals surface area contributed by atoms with E-state index in [1.807, 2.05) is 24.6 Å². The Morgan fingerprint density at radius 1 is 1.37 bits per heavy atom. The fraction of sp³-hybridized carbons (Fsp3) is 0.571. The summed E-state index contributed by atoms with van der Waals surface area (Å²) in [5.41, 5.74) is 2.27. The van der Waals surface area contributed by atoms with Crippen LogP contribution in [0.4, 0.5) is 0 Å². The molecule has 5 heteroatoms. The van der Waals surface area contributed by atoms with E-state index >= 15 is 0 Å². The fourth-order valence-electron chi connectivity index (χ4n) is 2.74. The monoisotopic (exact) mass is 281 g/mol. The van der Waals surface area contributed by atoms with Crippen LogP contribution >= 0.6 is 11.3 Å². The molecule has 1 amide bonds.